The number of amides is 1. The molecular formula is C18H25FN2O3. The third-order valence-corrected chi connectivity index (χ3v) is 5.31. The van der Waals surface area contributed by atoms with Gasteiger partial charge < -0.3 is 20.1 Å². The SMILES string of the molecule is CC1(CO)CCCC1NC(=O)c1ccc(N2CCOCC2)c(F)c1. The topological polar surface area (TPSA) is 61.8 Å². The molecule has 6 heteroatoms. The lowest BCUT2D eigenvalue weighted by molar-refractivity contribution is 0.0830. The monoisotopic (exact) mass is 336 g/mol. The van der Waals surface area contributed by atoms with Crippen LogP contribution >= 0.6 is 0 Å². The van der Waals surface area contributed by atoms with E-state index in [-0.39, 0.29) is 29.8 Å². The minimum Gasteiger partial charge on any atom is -0.396 e. The molecule has 2 aliphatic rings. The molecule has 24 heavy (non-hydrogen) atoms. The summed E-state index contributed by atoms with van der Waals surface area (Å²) >= 11 is 0. The van der Waals surface area contributed by atoms with Gasteiger partial charge in [-0.2, -0.15) is 0 Å². The Hall–Kier alpha value is -1.66. The van der Waals surface area contributed by atoms with Crippen LogP contribution in [0.15, 0.2) is 18.2 Å². The van der Waals surface area contributed by atoms with Crippen molar-refractivity contribution in [3.05, 3.63) is 29.6 Å². The van der Waals surface area contributed by atoms with Gasteiger partial charge in [-0.05, 0) is 31.0 Å². The highest BCUT2D eigenvalue weighted by Gasteiger charge is 2.39. The maximum atomic E-state index is 14.4. The van der Waals surface area contributed by atoms with E-state index in [0.29, 0.717) is 37.6 Å². The Kier molecular flexibility index (Phi) is 5.06. The fourth-order valence-corrected chi connectivity index (χ4v) is 3.62. The minimum absolute atomic E-state index is 0.0439. The summed E-state index contributed by atoms with van der Waals surface area (Å²) in [6.45, 7) is 4.50. The molecule has 1 aromatic carbocycles. The van der Waals surface area contributed by atoms with Crippen LogP contribution < -0.4 is 10.2 Å². The number of morpholine rings is 1. The van der Waals surface area contributed by atoms with E-state index in [9.17, 15) is 14.3 Å². The average molecular weight is 336 g/mol. The van der Waals surface area contributed by atoms with E-state index in [1.54, 1.807) is 12.1 Å². The van der Waals surface area contributed by atoms with Crippen molar-refractivity contribution >= 4 is 11.6 Å². The fraction of sp³-hybridized carbons (Fsp3) is 0.611. The smallest absolute Gasteiger partial charge is 0.251 e. The number of anilines is 1. The van der Waals surface area contributed by atoms with Crippen LogP contribution in [0, 0.1) is 11.2 Å². The first kappa shape index (κ1) is 17.2. The molecule has 2 atom stereocenters. The molecule has 0 bridgehead atoms. The summed E-state index contributed by atoms with van der Waals surface area (Å²) in [6.07, 6.45) is 2.71. The molecule has 2 unspecified atom stereocenters. The molecule has 5 nitrogen and oxygen atoms in total. The Bertz CT molecular complexity index is 604. The summed E-state index contributed by atoms with van der Waals surface area (Å²) < 4.78 is 19.7. The standard InChI is InChI=1S/C18H25FN2O3/c1-18(12-22)6-2-3-16(18)20-17(23)13-4-5-15(14(19)11-13)21-7-9-24-10-8-21/h4-5,11,16,22H,2-3,6-10,12H2,1H3,(H,20,23). The molecule has 0 radical (unpaired) electrons. The predicted molar refractivity (Wildman–Crippen MR) is 89.7 cm³/mol. The molecule has 2 N–H and O–H groups in total. The van der Waals surface area contributed by atoms with Crippen molar-refractivity contribution in [3.8, 4) is 0 Å². The predicted octanol–water partition coefficient (Wildman–Crippen LogP) is 1.94. The van der Waals surface area contributed by atoms with Crippen molar-refractivity contribution in [2.24, 2.45) is 5.41 Å². The lowest BCUT2D eigenvalue weighted by atomic mass is 9.85. The van der Waals surface area contributed by atoms with E-state index in [1.165, 1.54) is 6.07 Å². The lowest BCUT2D eigenvalue weighted by Gasteiger charge is -2.30. The van der Waals surface area contributed by atoms with Crippen molar-refractivity contribution in [1.29, 1.82) is 0 Å². The molecule has 1 saturated carbocycles. The van der Waals surface area contributed by atoms with Gasteiger partial charge in [0.05, 0.1) is 25.5 Å². The molecule has 3 rings (SSSR count). The number of benzene rings is 1. The summed E-state index contributed by atoms with van der Waals surface area (Å²) in [4.78, 5) is 14.4. The summed E-state index contributed by atoms with van der Waals surface area (Å²) in [7, 11) is 0. The van der Waals surface area contributed by atoms with Crippen molar-refractivity contribution in [2.45, 2.75) is 32.2 Å². The van der Waals surface area contributed by atoms with Crippen LogP contribution in [0.4, 0.5) is 10.1 Å². The highest BCUT2D eigenvalue weighted by atomic mass is 19.1. The highest BCUT2D eigenvalue weighted by molar-refractivity contribution is 5.94. The van der Waals surface area contributed by atoms with Gasteiger partial charge in [0.2, 0.25) is 0 Å². The van der Waals surface area contributed by atoms with Crippen LogP contribution in [0.5, 0.6) is 0 Å². The number of nitrogens with one attached hydrogen (secondary N) is 1. The summed E-state index contributed by atoms with van der Waals surface area (Å²) in [5.41, 5.74) is 0.537. The van der Waals surface area contributed by atoms with E-state index in [2.05, 4.69) is 5.32 Å². The molecule has 0 spiro atoms. The van der Waals surface area contributed by atoms with Gasteiger partial charge in [-0.15, -0.1) is 0 Å². The first-order valence-electron chi connectivity index (χ1n) is 8.57. The lowest BCUT2D eigenvalue weighted by Crippen LogP contribution is -2.44. The second kappa shape index (κ2) is 7.07. The summed E-state index contributed by atoms with van der Waals surface area (Å²) in [5, 5.41) is 12.5. The van der Waals surface area contributed by atoms with Gasteiger partial charge in [0, 0.05) is 30.1 Å². The molecule has 1 heterocycles. The first-order valence-corrected chi connectivity index (χ1v) is 8.57. The Balaban J connectivity index is 1.70. The van der Waals surface area contributed by atoms with Crippen LogP contribution in [-0.2, 0) is 4.74 Å². The number of ether oxygens (including phenoxy) is 1. The average Bonchev–Trinajstić information content (AvgIpc) is 2.97. The zero-order valence-electron chi connectivity index (χ0n) is 14.1. The summed E-state index contributed by atoms with van der Waals surface area (Å²) in [6, 6.07) is 4.55. The first-order chi connectivity index (χ1) is 11.5. The fourth-order valence-electron chi connectivity index (χ4n) is 3.62. The van der Waals surface area contributed by atoms with E-state index in [1.807, 2.05) is 11.8 Å². The zero-order valence-corrected chi connectivity index (χ0v) is 14.1. The van der Waals surface area contributed by atoms with Gasteiger partial charge in [0.15, 0.2) is 0 Å². The van der Waals surface area contributed by atoms with E-state index < -0.39 is 0 Å². The molecular weight excluding hydrogens is 311 g/mol. The third kappa shape index (κ3) is 3.39. The van der Waals surface area contributed by atoms with Crippen molar-refractivity contribution < 1.29 is 19.0 Å². The normalized spacial score (nSPS) is 27.3. The van der Waals surface area contributed by atoms with E-state index in [0.717, 1.165) is 19.3 Å². The zero-order chi connectivity index (χ0) is 17.2. The van der Waals surface area contributed by atoms with Crippen LogP contribution in [0.1, 0.15) is 36.5 Å². The van der Waals surface area contributed by atoms with E-state index in [4.69, 9.17) is 4.74 Å². The largest absolute Gasteiger partial charge is 0.396 e. The third-order valence-electron chi connectivity index (χ3n) is 5.31. The van der Waals surface area contributed by atoms with Crippen LogP contribution in [0.25, 0.3) is 0 Å². The number of rotatable bonds is 4. The molecule has 132 valence electrons. The van der Waals surface area contributed by atoms with Gasteiger partial charge in [0.25, 0.3) is 5.91 Å². The van der Waals surface area contributed by atoms with Gasteiger partial charge in [-0.1, -0.05) is 13.3 Å². The number of halogens is 1. The number of hydrogen-bond donors (Lipinski definition) is 2. The number of carbonyl (C=O) groups is 1. The number of aliphatic hydroxyl groups excluding tert-OH is 1. The second-order valence-electron chi connectivity index (χ2n) is 7.00. The maximum Gasteiger partial charge on any atom is 0.251 e. The van der Waals surface area contributed by atoms with Gasteiger partial charge in [-0.3, -0.25) is 4.79 Å². The molecule has 1 aliphatic carbocycles. The van der Waals surface area contributed by atoms with Crippen LogP contribution in [0.3, 0.4) is 0 Å². The van der Waals surface area contributed by atoms with Gasteiger partial charge in [0.1, 0.15) is 5.82 Å². The van der Waals surface area contributed by atoms with Crippen molar-refractivity contribution in [2.75, 3.05) is 37.8 Å². The Morgan fingerprint density at radius 2 is 2.21 bits per heavy atom. The van der Waals surface area contributed by atoms with Crippen LogP contribution in [0.2, 0.25) is 0 Å². The minimum atomic E-state index is -0.388. The molecule has 1 aliphatic heterocycles. The summed E-state index contributed by atoms with van der Waals surface area (Å²) in [5.74, 6) is -0.671. The molecule has 1 aromatic rings. The number of hydrogen-bond acceptors (Lipinski definition) is 4. The quantitative estimate of drug-likeness (QED) is 0.882. The van der Waals surface area contributed by atoms with Crippen molar-refractivity contribution in [3.63, 3.8) is 0 Å². The molecule has 2 fully saturated rings. The maximum absolute atomic E-state index is 14.4. The molecule has 0 aromatic heterocycles. The number of aliphatic hydroxyl groups is 1. The number of carbonyl (C=O) groups excluding carboxylic acids is 1. The Labute approximate surface area is 141 Å². The second-order valence-corrected chi connectivity index (χ2v) is 7.00. The number of nitrogens with zero attached hydrogens (tertiary/aromatic N) is 1. The molecule has 1 amide bonds. The Morgan fingerprint density at radius 3 is 2.88 bits per heavy atom. The van der Waals surface area contributed by atoms with Gasteiger partial charge >= 0.3 is 0 Å². The molecule has 1 saturated heterocycles. The van der Waals surface area contributed by atoms with Crippen LogP contribution in [-0.4, -0.2) is 50.0 Å². The Morgan fingerprint density at radius 1 is 1.46 bits per heavy atom. The highest BCUT2D eigenvalue weighted by Crippen LogP contribution is 2.37. The van der Waals surface area contributed by atoms with E-state index >= 15 is 0 Å². The van der Waals surface area contributed by atoms with Gasteiger partial charge in [-0.25, -0.2) is 4.39 Å². The van der Waals surface area contributed by atoms with Crippen molar-refractivity contribution in [1.82, 2.24) is 5.32 Å².